The number of terminal acetylenes is 1. The van der Waals surface area contributed by atoms with Crippen LogP contribution in [0.2, 0.25) is 0 Å². The summed E-state index contributed by atoms with van der Waals surface area (Å²) in [6.07, 6.45) is 6.91. The van der Waals surface area contributed by atoms with E-state index in [0.29, 0.717) is 6.54 Å². The lowest BCUT2D eigenvalue weighted by atomic mass is 10.3. The minimum atomic E-state index is 0.0759. The van der Waals surface area contributed by atoms with Crippen LogP contribution in [-0.4, -0.2) is 21.0 Å². The summed E-state index contributed by atoms with van der Waals surface area (Å²) in [5.41, 5.74) is 0.902. The summed E-state index contributed by atoms with van der Waals surface area (Å²) in [6, 6.07) is 0.0759. The fourth-order valence-electron chi connectivity index (χ4n) is 0.785. The third kappa shape index (κ3) is 2.36. The van der Waals surface area contributed by atoms with E-state index in [-0.39, 0.29) is 6.04 Å². The molecule has 1 aromatic heterocycles. The van der Waals surface area contributed by atoms with Crippen molar-refractivity contribution in [3.05, 3.63) is 11.9 Å². The Morgan fingerprint density at radius 1 is 1.83 bits per heavy atom. The number of hydrogen-bond donors (Lipinski definition) is 1. The highest BCUT2D eigenvalue weighted by molar-refractivity contribution is 4.98. The Morgan fingerprint density at radius 2 is 2.58 bits per heavy atom. The Morgan fingerprint density at radius 3 is 3.08 bits per heavy atom. The van der Waals surface area contributed by atoms with Crippen molar-refractivity contribution in [1.82, 2.24) is 20.3 Å². The Labute approximate surface area is 72.0 Å². The normalized spacial score (nSPS) is 12.4. The molecule has 0 bridgehead atoms. The second-order valence-electron chi connectivity index (χ2n) is 2.59. The summed E-state index contributed by atoms with van der Waals surface area (Å²) in [4.78, 5) is 1.53. The zero-order valence-corrected chi connectivity index (χ0v) is 7.28. The summed E-state index contributed by atoms with van der Waals surface area (Å²) in [5.74, 6) is 2.58. The van der Waals surface area contributed by atoms with Crippen LogP contribution in [0, 0.1) is 12.3 Å². The highest BCUT2D eigenvalue weighted by Crippen LogP contribution is 1.90. The molecule has 1 unspecified atom stereocenters. The molecule has 0 saturated heterocycles. The van der Waals surface area contributed by atoms with Gasteiger partial charge in [0.05, 0.1) is 17.9 Å². The van der Waals surface area contributed by atoms with E-state index in [9.17, 15) is 0 Å². The second kappa shape index (κ2) is 3.88. The van der Waals surface area contributed by atoms with E-state index in [1.54, 1.807) is 13.2 Å². The van der Waals surface area contributed by atoms with Gasteiger partial charge in [0.15, 0.2) is 0 Å². The van der Waals surface area contributed by atoms with Crippen LogP contribution >= 0.6 is 0 Å². The lowest BCUT2D eigenvalue weighted by Crippen LogP contribution is -2.23. The van der Waals surface area contributed by atoms with Crippen LogP contribution in [0.1, 0.15) is 12.6 Å². The molecule has 0 aliphatic carbocycles. The largest absolute Gasteiger partial charge is 0.298 e. The van der Waals surface area contributed by atoms with Crippen molar-refractivity contribution in [1.29, 1.82) is 0 Å². The van der Waals surface area contributed by atoms with Crippen LogP contribution < -0.4 is 5.32 Å². The molecule has 12 heavy (non-hydrogen) atoms. The summed E-state index contributed by atoms with van der Waals surface area (Å²) in [6.45, 7) is 2.59. The van der Waals surface area contributed by atoms with Gasteiger partial charge in [-0.1, -0.05) is 5.92 Å². The van der Waals surface area contributed by atoms with E-state index >= 15 is 0 Å². The number of nitrogens with one attached hydrogen (secondary N) is 1. The van der Waals surface area contributed by atoms with Gasteiger partial charge in [0.1, 0.15) is 0 Å². The fraction of sp³-hybridized carbons (Fsp3) is 0.500. The number of nitrogens with zero attached hydrogens (tertiary/aromatic N) is 3. The molecule has 1 rings (SSSR count). The number of rotatable bonds is 3. The van der Waals surface area contributed by atoms with E-state index < -0.39 is 0 Å². The minimum absolute atomic E-state index is 0.0759. The fourth-order valence-corrected chi connectivity index (χ4v) is 0.785. The molecule has 0 spiro atoms. The molecule has 4 heteroatoms. The Kier molecular flexibility index (Phi) is 2.83. The molecule has 0 aliphatic heterocycles. The van der Waals surface area contributed by atoms with Gasteiger partial charge in [-0.05, 0) is 6.92 Å². The first-order valence-corrected chi connectivity index (χ1v) is 3.77. The van der Waals surface area contributed by atoms with Crippen LogP contribution in [-0.2, 0) is 13.6 Å². The van der Waals surface area contributed by atoms with Crippen molar-refractivity contribution in [3.63, 3.8) is 0 Å². The SMILES string of the molecule is C#CC(C)NCc1cnn(C)n1. The molecule has 1 atom stereocenters. The van der Waals surface area contributed by atoms with Crippen molar-refractivity contribution >= 4 is 0 Å². The summed E-state index contributed by atoms with van der Waals surface area (Å²) < 4.78 is 0. The van der Waals surface area contributed by atoms with Crippen molar-refractivity contribution < 1.29 is 0 Å². The van der Waals surface area contributed by atoms with Gasteiger partial charge in [-0.3, -0.25) is 5.32 Å². The number of aromatic nitrogens is 3. The highest BCUT2D eigenvalue weighted by atomic mass is 15.4. The Bertz CT molecular complexity index is 283. The van der Waals surface area contributed by atoms with Crippen LogP contribution in [0.4, 0.5) is 0 Å². The molecule has 0 amide bonds. The van der Waals surface area contributed by atoms with E-state index in [1.807, 2.05) is 6.92 Å². The van der Waals surface area contributed by atoms with Crippen LogP contribution in [0.15, 0.2) is 6.20 Å². The summed E-state index contributed by atoms with van der Waals surface area (Å²) in [5, 5.41) is 11.1. The maximum absolute atomic E-state index is 5.19. The van der Waals surface area contributed by atoms with E-state index in [0.717, 1.165) is 5.69 Å². The van der Waals surface area contributed by atoms with Gasteiger partial charge in [-0.2, -0.15) is 15.0 Å². The van der Waals surface area contributed by atoms with Gasteiger partial charge in [0.2, 0.25) is 0 Å². The average Bonchev–Trinajstić information content (AvgIpc) is 2.47. The van der Waals surface area contributed by atoms with Gasteiger partial charge in [-0.25, -0.2) is 0 Å². The van der Waals surface area contributed by atoms with Crippen LogP contribution in [0.5, 0.6) is 0 Å². The zero-order valence-electron chi connectivity index (χ0n) is 7.28. The first-order valence-electron chi connectivity index (χ1n) is 3.77. The molecule has 1 aromatic rings. The molecule has 0 radical (unpaired) electrons. The maximum atomic E-state index is 5.19. The molecule has 0 aromatic carbocycles. The molecule has 0 saturated carbocycles. The van der Waals surface area contributed by atoms with Crippen molar-refractivity contribution in [2.24, 2.45) is 7.05 Å². The van der Waals surface area contributed by atoms with E-state index in [1.165, 1.54) is 4.80 Å². The molecule has 64 valence electrons. The predicted octanol–water partition coefficient (Wildman–Crippen LogP) is -0.0736. The first kappa shape index (κ1) is 8.75. The molecule has 0 fully saturated rings. The highest BCUT2D eigenvalue weighted by Gasteiger charge is 1.99. The quantitative estimate of drug-likeness (QED) is 0.636. The van der Waals surface area contributed by atoms with Gasteiger partial charge in [0, 0.05) is 13.6 Å². The molecule has 1 N–H and O–H groups in total. The van der Waals surface area contributed by atoms with Gasteiger partial charge in [-0.15, -0.1) is 6.42 Å². The number of hydrogen-bond acceptors (Lipinski definition) is 3. The van der Waals surface area contributed by atoms with Gasteiger partial charge in [0.25, 0.3) is 0 Å². The lowest BCUT2D eigenvalue weighted by Gasteiger charge is -2.03. The third-order valence-electron chi connectivity index (χ3n) is 1.49. The van der Waals surface area contributed by atoms with E-state index in [2.05, 4.69) is 21.4 Å². The maximum Gasteiger partial charge on any atom is 0.0965 e. The van der Waals surface area contributed by atoms with Crippen molar-refractivity contribution in [2.45, 2.75) is 19.5 Å². The monoisotopic (exact) mass is 164 g/mol. The third-order valence-corrected chi connectivity index (χ3v) is 1.49. The zero-order chi connectivity index (χ0) is 8.97. The molecule has 0 aliphatic rings. The molecule has 4 nitrogen and oxygen atoms in total. The Balaban J connectivity index is 2.39. The summed E-state index contributed by atoms with van der Waals surface area (Å²) >= 11 is 0. The second-order valence-corrected chi connectivity index (χ2v) is 2.59. The smallest absolute Gasteiger partial charge is 0.0965 e. The van der Waals surface area contributed by atoms with Gasteiger partial charge < -0.3 is 0 Å². The average molecular weight is 164 g/mol. The number of aryl methyl sites for hydroxylation is 1. The standard InChI is InChI=1S/C8H12N4/c1-4-7(2)9-5-8-6-10-12(3)11-8/h1,6-7,9H,5H2,2-3H3. The predicted molar refractivity (Wildman–Crippen MR) is 46.1 cm³/mol. The molecular weight excluding hydrogens is 152 g/mol. The summed E-state index contributed by atoms with van der Waals surface area (Å²) in [7, 11) is 1.79. The van der Waals surface area contributed by atoms with Crippen molar-refractivity contribution in [2.75, 3.05) is 0 Å². The van der Waals surface area contributed by atoms with Crippen LogP contribution in [0.25, 0.3) is 0 Å². The minimum Gasteiger partial charge on any atom is -0.298 e. The van der Waals surface area contributed by atoms with Gasteiger partial charge >= 0.3 is 0 Å². The molecule has 1 heterocycles. The molecular formula is C8H12N4. The first-order chi connectivity index (χ1) is 5.72. The van der Waals surface area contributed by atoms with E-state index in [4.69, 9.17) is 6.42 Å². The van der Waals surface area contributed by atoms with Crippen molar-refractivity contribution in [3.8, 4) is 12.3 Å². The lowest BCUT2D eigenvalue weighted by molar-refractivity contribution is 0.607. The van der Waals surface area contributed by atoms with Crippen LogP contribution in [0.3, 0.4) is 0 Å². The Hall–Kier alpha value is -1.34. The topological polar surface area (TPSA) is 42.7 Å².